The molecule has 114 valence electrons. The molecule has 0 atom stereocenters. The van der Waals surface area contributed by atoms with Crippen LogP contribution in [0.3, 0.4) is 0 Å². The van der Waals surface area contributed by atoms with Crippen molar-refractivity contribution in [2.45, 2.75) is 39.0 Å². The zero-order valence-corrected chi connectivity index (χ0v) is 12.6. The smallest absolute Gasteiger partial charge is 0.323 e. The minimum Gasteiger partial charge on any atom is -0.462 e. The largest absolute Gasteiger partial charge is 0.462 e. The summed E-state index contributed by atoms with van der Waals surface area (Å²) in [6, 6.07) is 0.347. The summed E-state index contributed by atoms with van der Waals surface area (Å²) >= 11 is 0. The summed E-state index contributed by atoms with van der Waals surface area (Å²) in [5.74, 6) is 3.81. The molecular formula is C15H23N5O. The van der Waals surface area contributed by atoms with E-state index in [1.54, 1.807) is 0 Å². The highest BCUT2D eigenvalue weighted by atomic mass is 16.5. The monoisotopic (exact) mass is 289 g/mol. The maximum absolute atomic E-state index is 5.53. The zero-order valence-electron chi connectivity index (χ0n) is 12.6. The number of ether oxygens (including phenoxy) is 1. The molecule has 0 aromatic carbocycles. The minimum absolute atomic E-state index is 0.347. The predicted octanol–water partition coefficient (Wildman–Crippen LogP) is 2.09. The molecule has 0 unspecified atom stereocenters. The maximum Gasteiger partial charge on any atom is 0.323 e. The Balaban J connectivity index is 2.12. The first-order valence-electron chi connectivity index (χ1n) is 7.64. The third-order valence-electron chi connectivity index (χ3n) is 3.25. The summed E-state index contributed by atoms with van der Waals surface area (Å²) in [7, 11) is 0. The average molecular weight is 289 g/mol. The molecule has 0 aliphatic carbocycles. The Bertz CT molecular complexity index is 479. The number of hydrogen-bond acceptors (Lipinski definition) is 6. The molecule has 0 radical (unpaired) electrons. The third-order valence-corrected chi connectivity index (χ3v) is 3.25. The van der Waals surface area contributed by atoms with Crippen molar-refractivity contribution >= 4 is 11.9 Å². The second kappa shape index (κ2) is 8.30. The van der Waals surface area contributed by atoms with E-state index in [9.17, 15) is 0 Å². The van der Waals surface area contributed by atoms with Crippen LogP contribution in [0.15, 0.2) is 0 Å². The van der Waals surface area contributed by atoms with Gasteiger partial charge in [-0.05, 0) is 25.7 Å². The lowest BCUT2D eigenvalue weighted by atomic mass is 10.1. The van der Waals surface area contributed by atoms with E-state index in [2.05, 4.69) is 38.0 Å². The summed E-state index contributed by atoms with van der Waals surface area (Å²) in [5.41, 5.74) is 0. The Kier molecular flexibility index (Phi) is 6.07. The third kappa shape index (κ3) is 4.78. The van der Waals surface area contributed by atoms with Crippen LogP contribution in [0, 0.1) is 12.3 Å². The molecule has 21 heavy (non-hydrogen) atoms. The molecule has 6 heteroatoms. The second-order valence-electron chi connectivity index (χ2n) is 5.02. The van der Waals surface area contributed by atoms with Crippen molar-refractivity contribution < 1.29 is 4.74 Å². The fourth-order valence-corrected chi connectivity index (χ4v) is 2.16. The topological polar surface area (TPSA) is 63.2 Å². The lowest BCUT2D eigenvalue weighted by molar-refractivity contribution is 0.300. The van der Waals surface area contributed by atoms with Gasteiger partial charge in [0.05, 0.1) is 0 Å². The Morgan fingerprint density at radius 3 is 2.76 bits per heavy atom. The Hall–Kier alpha value is -2.03. The van der Waals surface area contributed by atoms with Crippen LogP contribution in [-0.4, -0.2) is 41.2 Å². The van der Waals surface area contributed by atoms with Gasteiger partial charge >= 0.3 is 6.01 Å². The predicted molar refractivity (Wildman–Crippen MR) is 83.6 cm³/mol. The van der Waals surface area contributed by atoms with Crippen molar-refractivity contribution in [2.75, 3.05) is 36.5 Å². The van der Waals surface area contributed by atoms with Crippen molar-refractivity contribution in [1.82, 2.24) is 15.0 Å². The van der Waals surface area contributed by atoms with E-state index in [-0.39, 0.29) is 0 Å². The van der Waals surface area contributed by atoms with E-state index in [0.717, 1.165) is 26.1 Å². The first-order valence-corrected chi connectivity index (χ1v) is 7.64. The molecule has 6 nitrogen and oxygen atoms in total. The molecule has 0 spiro atoms. The van der Waals surface area contributed by atoms with E-state index in [1.807, 2.05) is 0 Å². The molecule has 1 aliphatic rings. The van der Waals surface area contributed by atoms with Crippen molar-refractivity contribution in [3.63, 3.8) is 0 Å². The van der Waals surface area contributed by atoms with Gasteiger partial charge < -0.3 is 15.0 Å². The number of aromatic nitrogens is 3. The summed E-state index contributed by atoms with van der Waals surface area (Å²) in [4.78, 5) is 15.4. The van der Waals surface area contributed by atoms with E-state index in [4.69, 9.17) is 11.2 Å². The van der Waals surface area contributed by atoms with Crippen molar-refractivity contribution in [3.8, 4) is 18.4 Å². The molecule has 0 saturated carbocycles. The van der Waals surface area contributed by atoms with Gasteiger partial charge in [0.1, 0.15) is 6.61 Å². The van der Waals surface area contributed by atoms with Crippen molar-refractivity contribution in [3.05, 3.63) is 0 Å². The van der Waals surface area contributed by atoms with Crippen molar-refractivity contribution in [2.24, 2.45) is 0 Å². The van der Waals surface area contributed by atoms with E-state index < -0.39 is 0 Å². The molecule has 1 aromatic heterocycles. The molecule has 2 rings (SSSR count). The van der Waals surface area contributed by atoms with Gasteiger partial charge in [0, 0.05) is 26.1 Å². The molecule has 1 N–H and O–H groups in total. The van der Waals surface area contributed by atoms with Crippen LogP contribution in [0.1, 0.15) is 39.0 Å². The van der Waals surface area contributed by atoms with Gasteiger partial charge in [-0.25, -0.2) is 0 Å². The standard InChI is InChI=1S/C15H23N5O/c1-3-5-12-21-15-18-13(16-9-4-2)17-14(19-15)20-10-7-6-8-11-20/h1H,4-12H2,2H3,(H,16,17,18,19). The van der Waals surface area contributed by atoms with Crippen LogP contribution >= 0.6 is 0 Å². The first kappa shape index (κ1) is 15.4. The molecule has 1 saturated heterocycles. The minimum atomic E-state index is 0.347. The SMILES string of the molecule is C#CCCOc1nc(NCCC)nc(N2CCCCC2)n1. The highest BCUT2D eigenvalue weighted by Gasteiger charge is 2.16. The first-order chi connectivity index (χ1) is 10.3. The van der Waals surface area contributed by atoms with Gasteiger partial charge in [-0.1, -0.05) is 6.92 Å². The van der Waals surface area contributed by atoms with Gasteiger partial charge in [-0.15, -0.1) is 12.3 Å². The highest BCUT2D eigenvalue weighted by Crippen LogP contribution is 2.19. The van der Waals surface area contributed by atoms with Gasteiger partial charge in [-0.2, -0.15) is 15.0 Å². The molecule has 1 fully saturated rings. The fraction of sp³-hybridized carbons (Fsp3) is 0.667. The normalized spacial score (nSPS) is 14.6. The maximum atomic E-state index is 5.53. The van der Waals surface area contributed by atoms with Crippen molar-refractivity contribution in [1.29, 1.82) is 0 Å². The molecule has 0 bridgehead atoms. The fourth-order valence-electron chi connectivity index (χ4n) is 2.16. The lowest BCUT2D eigenvalue weighted by Crippen LogP contribution is -2.31. The zero-order chi connectivity index (χ0) is 14.9. The average Bonchev–Trinajstić information content (AvgIpc) is 2.54. The van der Waals surface area contributed by atoms with E-state index in [0.29, 0.717) is 30.9 Å². The number of terminal acetylenes is 1. The number of hydrogen-bond donors (Lipinski definition) is 1. The molecule has 0 amide bonds. The highest BCUT2D eigenvalue weighted by molar-refractivity contribution is 5.38. The van der Waals surface area contributed by atoms with Gasteiger partial charge in [0.15, 0.2) is 0 Å². The van der Waals surface area contributed by atoms with Crippen LogP contribution in [0.25, 0.3) is 0 Å². The number of nitrogens with zero attached hydrogens (tertiary/aromatic N) is 4. The van der Waals surface area contributed by atoms with Crippen LogP contribution < -0.4 is 15.0 Å². The van der Waals surface area contributed by atoms with Gasteiger partial charge in [-0.3, -0.25) is 0 Å². The van der Waals surface area contributed by atoms with Crippen LogP contribution in [-0.2, 0) is 0 Å². The summed E-state index contributed by atoms with van der Waals surface area (Å²) in [5, 5.41) is 3.20. The number of piperidine rings is 1. The molecule has 2 heterocycles. The Morgan fingerprint density at radius 2 is 2.05 bits per heavy atom. The molecule has 1 aliphatic heterocycles. The summed E-state index contributed by atoms with van der Waals surface area (Å²) in [6.45, 7) is 5.33. The Labute approximate surface area is 126 Å². The number of rotatable bonds is 7. The van der Waals surface area contributed by atoms with Gasteiger partial charge in [0.2, 0.25) is 11.9 Å². The summed E-state index contributed by atoms with van der Waals surface area (Å²) in [6.07, 6.45) is 10.4. The molecule has 1 aromatic rings. The second-order valence-corrected chi connectivity index (χ2v) is 5.02. The van der Waals surface area contributed by atoms with Gasteiger partial charge in [0.25, 0.3) is 0 Å². The van der Waals surface area contributed by atoms with E-state index >= 15 is 0 Å². The van der Waals surface area contributed by atoms with Crippen LogP contribution in [0.4, 0.5) is 11.9 Å². The van der Waals surface area contributed by atoms with Crippen LogP contribution in [0.2, 0.25) is 0 Å². The lowest BCUT2D eigenvalue weighted by Gasteiger charge is -2.26. The number of nitrogens with one attached hydrogen (secondary N) is 1. The van der Waals surface area contributed by atoms with Crippen LogP contribution in [0.5, 0.6) is 6.01 Å². The van der Waals surface area contributed by atoms with E-state index in [1.165, 1.54) is 19.3 Å². The number of anilines is 2. The Morgan fingerprint density at radius 1 is 1.24 bits per heavy atom. The molecular weight excluding hydrogens is 266 g/mol. The summed E-state index contributed by atoms with van der Waals surface area (Å²) < 4.78 is 5.53. The quantitative estimate of drug-likeness (QED) is 0.612.